The van der Waals surface area contributed by atoms with Gasteiger partial charge in [-0.2, -0.15) is 0 Å². The zero-order valence-electron chi connectivity index (χ0n) is 5.07. The minimum Gasteiger partial charge on any atom is -0.387 e. The number of alkyl halides is 1. The molecule has 0 radical (unpaired) electrons. The standard InChI is InChI=1S/C6H7FO3/c7-6-2-1-3(10-6)4(8)5(6)9/h1-5,8-9H/t3-,4-,5-,6+/m1/s1. The monoisotopic (exact) mass is 146 g/mol. The number of hydrogen-bond donors (Lipinski definition) is 2. The maximum Gasteiger partial charge on any atom is 0.258 e. The zero-order chi connectivity index (χ0) is 7.35. The third-order valence-corrected chi connectivity index (χ3v) is 1.89. The minimum atomic E-state index is -2.13. The quantitative estimate of drug-likeness (QED) is 0.446. The Morgan fingerprint density at radius 1 is 1.50 bits per heavy atom. The Bertz CT molecular complexity index is 193. The summed E-state index contributed by atoms with van der Waals surface area (Å²) < 4.78 is 17.6. The molecular formula is C6H7FO3. The molecule has 0 unspecified atom stereocenters. The number of aliphatic hydroxyl groups is 2. The highest BCUT2D eigenvalue weighted by molar-refractivity contribution is 5.20. The fourth-order valence-electron chi connectivity index (χ4n) is 1.28. The van der Waals surface area contributed by atoms with Crippen LogP contribution in [0, 0.1) is 0 Å². The largest absolute Gasteiger partial charge is 0.387 e. The van der Waals surface area contributed by atoms with Crippen LogP contribution in [-0.2, 0) is 4.74 Å². The lowest BCUT2D eigenvalue weighted by Gasteiger charge is -2.18. The predicted octanol–water partition coefficient (Wildman–Crippen LogP) is -0.657. The van der Waals surface area contributed by atoms with Gasteiger partial charge in [0, 0.05) is 0 Å². The molecule has 10 heavy (non-hydrogen) atoms. The summed E-state index contributed by atoms with van der Waals surface area (Å²) in [4.78, 5) is 0. The summed E-state index contributed by atoms with van der Waals surface area (Å²) in [5, 5.41) is 17.9. The second-order valence-corrected chi connectivity index (χ2v) is 2.57. The number of ether oxygens (including phenoxy) is 1. The van der Waals surface area contributed by atoms with E-state index in [0.717, 1.165) is 6.08 Å². The molecule has 0 aromatic heterocycles. The van der Waals surface area contributed by atoms with Crippen LogP contribution in [0.1, 0.15) is 0 Å². The molecule has 0 aromatic carbocycles. The van der Waals surface area contributed by atoms with Crippen molar-refractivity contribution in [2.75, 3.05) is 0 Å². The SMILES string of the molecule is O[C@H]1[C@@H](O)[C@]2(F)C=C[C@H]1O2. The number of hydrogen-bond acceptors (Lipinski definition) is 3. The fourth-order valence-corrected chi connectivity index (χ4v) is 1.28. The van der Waals surface area contributed by atoms with E-state index in [1.54, 1.807) is 0 Å². The molecule has 4 atom stereocenters. The molecule has 1 fully saturated rings. The van der Waals surface area contributed by atoms with E-state index in [1.807, 2.05) is 0 Å². The van der Waals surface area contributed by atoms with Gasteiger partial charge in [-0.3, -0.25) is 0 Å². The van der Waals surface area contributed by atoms with Crippen molar-refractivity contribution in [3.8, 4) is 0 Å². The summed E-state index contributed by atoms with van der Waals surface area (Å²) in [7, 11) is 0. The molecule has 56 valence electrons. The topological polar surface area (TPSA) is 49.7 Å². The molecule has 3 nitrogen and oxygen atoms in total. The van der Waals surface area contributed by atoms with Crippen LogP contribution in [0.3, 0.4) is 0 Å². The van der Waals surface area contributed by atoms with E-state index in [4.69, 9.17) is 10.2 Å². The van der Waals surface area contributed by atoms with Crippen LogP contribution in [0.15, 0.2) is 12.2 Å². The van der Waals surface area contributed by atoms with E-state index in [9.17, 15) is 4.39 Å². The molecule has 0 amide bonds. The average molecular weight is 146 g/mol. The minimum absolute atomic E-state index is 0.667. The molecule has 0 saturated carbocycles. The number of aliphatic hydroxyl groups excluding tert-OH is 2. The third-order valence-electron chi connectivity index (χ3n) is 1.89. The van der Waals surface area contributed by atoms with Crippen molar-refractivity contribution in [2.24, 2.45) is 0 Å². The number of rotatable bonds is 0. The van der Waals surface area contributed by atoms with Gasteiger partial charge in [0.25, 0.3) is 5.85 Å². The van der Waals surface area contributed by atoms with Crippen molar-refractivity contribution in [3.63, 3.8) is 0 Å². The smallest absolute Gasteiger partial charge is 0.258 e. The molecular weight excluding hydrogens is 139 g/mol. The van der Waals surface area contributed by atoms with Crippen LogP contribution in [0.25, 0.3) is 0 Å². The van der Waals surface area contributed by atoms with Gasteiger partial charge in [-0.15, -0.1) is 0 Å². The Balaban J connectivity index is 2.35. The van der Waals surface area contributed by atoms with Crippen LogP contribution >= 0.6 is 0 Å². The summed E-state index contributed by atoms with van der Waals surface area (Å²) in [5.74, 6) is -2.13. The van der Waals surface area contributed by atoms with E-state index in [-0.39, 0.29) is 0 Å². The summed E-state index contributed by atoms with van der Waals surface area (Å²) in [6.45, 7) is 0. The van der Waals surface area contributed by atoms with Crippen LogP contribution in [0.2, 0.25) is 0 Å². The van der Waals surface area contributed by atoms with Gasteiger partial charge in [-0.05, 0) is 6.08 Å². The Hall–Kier alpha value is -0.450. The number of halogens is 1. The first-order valence-electron chi connectivity index (χ1n) is 3.06. The Morgan fingerprint density at radius 3 is 2.50 bits per heavy atom. The van der Waals surface area contributed by atoms with Crippen LogP contribution in [0.4, 0.5) is 4.39 Å². The first-order valence-corrected chi connectivity index (χ1v) is 3.06. The van der Waals surface area contributed by atoms with Crippen molar-refractivity contribution in [3.05, 3.63) is 12.2 Å². The van der Waals surface area contributed by atoms with E-state index in [1.165, 1.54) is 6.08 Å². The maximum absolute atomic E-state index is 13.0. The highest BCUT2D eigenvalue weighted by Crippen LogP contribution is 2.39. The normalized spacial score (nSPS) is 58.1. The van der Waals surface area contributed by atoms with Gasteiger partial charge in [-0.25, -0.2) is 4.39 Å². The Labute approximate surface area is 56.7 Å². The van der Waals surface area contributed by atoms with Gasteiger partial charge in [0.05, 0.1) is 0 Å². The highest BCUT2D eigenvalue weighted by Gasteiger charge is 2.56. The second-order valence-electron chi connectivity index (χ2n) is 2.57. The van der Waals surface area contributed by atoms with Crippen molar-refractivity contribution in [1.29, 1.82) is 0 Å². The highest BCUT2D eigenvalue weighted by atomic mass is 19.2. The van der Waals surface area contributed by atoms with Crippen molar-refractivity contribution in [2.45, 2.75) is 24.2 Å². The van der Waals surface area contributed by atoms with Crippen LogP contribution in [0.5, 0.6) is 0 Å². The first kappa shape index (κ1) is 6.27. The van der Waals surface area contributed by atoms with E-state index < -0.39 is 24.2 Å². The molecule has 0 aliphatic carbocycles. The van der Waals surface area contributed by atoms with Gasteiger partial charge >= 0.3 is 0 Å². The zero-order valence-corrected chi connectivity index (χ0v) is 5.07. The second kappa shape index (κ2) is 1.58. The van der Waals surface area contributed by atoms with Gasteiger partial charge in [0.1, 0.15) is 18.3 Å². The third kappa shape index (κ3) is 0.537. The lowest BCUT2D eigenvalue weighted by atomic mass is 10.0. The van der Waals surface area contributed by atoms with Gasteiger partial charge in [0.2, 0.25) is 0 Å². The molecule has 2 aliphatic rings. The molecule has 4 heteroatoms. The summed E-state index contributed by atoms with van der Waals surface area (Å²) >= 11 is 0. The van der Waals surface area contributed by atoms with E-state index in [2.05, 4.69) is 4.74 Å². The predicted molar refractivity (Wildman–Crippen MR) is 29.9 cm³/mol. The Kier molecular flexibility index (Phi) is 0.993. The molecule has 2 aliphatic heterocycles. The molecule has 2 heterocycles. The molecule has 2 bridgehead atoms. The number of fused-ring (bicyclic) bond motifs is 2. The van der Waals surface area contributed by atoms with Gasteiger partial charge < -0.3 is 14.9 Å². The summed E-state index contributed by atoms with van der Waals surface area (Å²) in [6, 6.07) is 0. The molecule has 0 spiro atoms. The first-order chi connectivity index (χ1) is 4.63. The molecule has 1 saturated heterocycles. The lowest BCUT2D eigenvalue weighted by Crippen LogP contribution is -2.39. The Morgan fingerprint density at radius 2 is 2.20 bits per heavy atom. The van der Waals surface area contributed by atoms with E-state index in [0.29, 0.717) is 0 Å². The van der Waals surface area contributed by atoms with Crippen molar-refractivity contribution < 1.29 is 19.3 Å². The maximum atomic E-state index is 13.0. The van der Waals surface area contributed by atoms with Crippen molar-refractivity contribution >= 4 is 0 Å². The lowest BCUT2D eigenvalue weighted by molar-refractivity contribution is -0.119. The molecule has 2 N–H and O–H groups in total. The fraction of sp³-hybridized carbons (Fsp3) is 0.667. The van der Waals surface area contributed by atoms with Crippen molar-refractivity contribution in [1.82, 2.24) is 0 Å². The molecule has 0 aromatic rings. The van der Waals surface area contributed by atoms with Gasteiger partial charge in [-0.1, -0.05) is 6.08 Å². The summed E-state index contributed by atoms with van der Waals surface area (Å²) in [6.07, 6.45) is -0.663. The summed E-state index contributed by atoms with van der Waals surface area (Å²) in [5.41, 5.74) is 0. The van der Waals surface area contributed by atoms with Crippen LogP contribution < -0.4 is 0 Å². The van der Waals surface area contributed by atoms with Crippen LogP contribution in [-0.4, -0.2) is 34.4 Å². The average Bonchev–Trinajstić information content (AvgIpc) is 2.35. The molecule has 2 rings (SSSR count). The van der Waals surface area contributed by atoms with E-state index >= 15 is 0 Å². The van der Waals surface area contributed by atoms with Gasteiger partial charge in [0.15, 0.2) is 0 Å².